The molecular formula is C27H28FNO3. The van der Waals surface area contributed by atoms with Gasteiger partial charge >= 0.3 is 5.97 Å². The molecule has 0 amide bonds. The summed E-state index contributed by atoms with van der Waals surface area (Å²) in [4.78, 5) is 15.4. The molecule has 4 rings (SSSR count). The minimum absolute atomic E-state index is 0.150. The van der Waals surface area contributed by atoms with E-state index in [1.165, 1.54) is 0 Å². The summed E-state index contributed by atoms with van der Waals surface area (Å²) in [5.41, 5.74) is 2.54. The molecule has 0 aromatic heterocycles. The van der Waals surface area contributed by atoms with E-state index < -0.39 is 5.97 Å². The minimum Gasteiger partial charge on any atom is -0.488 e. The van der Waals surface area contributed by atoms with Gasteiger partial charge in [0.25, 0.3) is 0 Å². The highest BCUT2D eigenvalue weighted by Gasteiger charge is 2.36. The van der Waals surface area contributed by atoms with Gasteiger partial charge in [-0.2, -0.15) is 0 Å². The molecule has 5 heteroatoms. The van der Waals surface area contributed by atoms with Crippen molar-refractivity contribution in [1.29, 1.82) is 0 Å². The van der Waals surface area contributed by atoms with E-state index in [2.05, 4.69) is 25.7 Å². The normalized spacial score (nSPS) is 13.7. The topological polar surface area (TPSA) is 38.8 Å². The second-order valence-corrected chi connectivity index (χ2v) is 9.10. The van der Waals surface area contributed by atoms with Crippen LogP contribution in [0.15, 0.2) is 60.7 Å². The van der Waals surface area contributed by atoms with Crippen LogP contribution in [-0.4, -0.2) is 16.4 Å². The van der Waals surface area contributed by atoms with Crippen molar-refractivity contribution < 1.29 is 18.7 Å². The summed E-state index contributed by atoms with van der Waals surface area (Å²) < 4.78 is 27.3. The highest BCUT2D eigenvalue weighted by molar-refractivity contribution is 5.96. The maximum atomic E-state index is 15.5. The zero-order chi connectivity index (χ0) is 22.9. The second-order valence-electron chi connectivity index (χ2n) is 9.10. The van der Waals surface area contributed by atoms with Gasteiger partial charge < -0.3 is 9.47 Å². The molecule has 0 atom stereocenters. The third-order valence-corrected chi connectivity index (χ3v) is 5.87. The molecule has 3 aromatic carbocycles. The number of benzene rings is 3. The van der Waals surface area contributed by atoms with Crippen LogP contribution >= 0.6 is 0 Å². The Morgan fingerprint density at radius 3 is 2.19 bits per heavy atom. The number of halogens is 1. The average Bonchev–Trinajstić information content (AvgIpc) is 3.23. The molecular weight excluding hydrogens is 405 g/mol. The van der Waals surface area contributed by atoms with Gasteiger partial charge in [-0.1, -0.05) is 48.5 Å². The Morgan fingerprint density at radius 2 is 1.56 bits per heavy atom. The third-order valence-electron chi connectivity index (χ3n) is 5.87. The molecule has 0 unspecified atom stereocenters. The highest BCUT2D eigenvalue weighted by Crippen LogP contribution is 2.41. The Morgan fingerprint density at radius 1 is 0.969 bits per heavy atom. The van der Waals surface area contributed by atoms with Crippen LogP contribution in [0, 0.1) is 12.7 Å². The number of nitrogens with zero attached hydrogens (tertiary/aromatic N) is 1. The summed E-state index contributed by atoms with van der Waals surface area (Å²) in [5, 5.41) is 0. The van der Waals surface area contributed by atoms with Crippen LogP contribution in [0.25, 0.3) is 0 Å². The molecule has 0 N–H and O–H groups in total. The van der Waals surface area contributed by atoms with Gasteiger partial charge in [0, 0.05) is 35.3 Å². The Kier molecular flexibility index (Phi) is 6.02. The lowest BCUT2D eigenvalue weighted by Crippen LogP contribution is -2.36. The molecule has 166 valence electrons. The van der Waals surface area contributed by atoms with Gasteiger partial charge in [0.1, 0.15) is 29.5 Å². The molecule has 0 fully saturated rings. The molecule has 0 aliphatic carbocycles. The predicted molar refractivity (Wildman–Crippen MR) is 122 cm³/mol. The number of hydrogen-bond acceptors (Lipinski definition) is 4. The predicted octanol–water partition coefficient (Wildman–Crippen LogP) is 6.05. The average molecular weight is 434 g/mol. The van der Waals surface area contributed by atoms with Crippen molar-refractivity contribution >= 4 is 5.97 Å². The zero-order valence-corrected chi connectivity index (χ0v) is 18.9. The lowest BCUT2D eigenvalue weighted by molar-refractivity contribution is 0.0728. The second kappa shape index (κ2) is 8.75. The Bertz CT molecular complexity index is 1120. The van der Waals surface area contributed by atoms with Crippen LogP contribution in [0.1, 0.15) is 53.4 Å². The first-order valence-electron chi connectivity index (χ1n) is 10.8. The Labute approximate surface area is 188 Å². The molecule has 3 aromatic rings. The SMILES string of the molecule is Cc1c(F)c2c(c(OCc3ccccc3)c1C(=O)Oc1ccccc1)CN(C(C)(C)C)C2. The molecule has 1 aliphatic rings. The number of para-hydroxylation sites is 1. The van der Waals surface area contributed by atoms with Gasteiger partial charge in [-0.3, -0.25) is 4.90 Å². The highest BCUT2D eigenvalue weighted by atomic mass is 19.1. The summed E-state index contributed by atoms with van der Waals surface area (Å²) in [6.45, 7) is 9.16. The van der Waals surface area contributed by atoms with Crippen molar-refractivity contribution in [3.8, 4) is 11.5 Å². The van der Waals surface area contributed by atoms with Crippen LogP contribution in [0.4, 0.5) is 4.39 Å². The van der Waals surface area contributed by atoms with Crippen LogP contribution in [0.5, 0.6) is 11.5 Å². The Balaban J connectivity index is 1.77. The zero-order valence-electron chi connectivity index (χ0n) is 18.9. The fraction of sp³-hybridized carbons (Fsp3) is 0.296. The van der Waals surface area contributed by atoms with Gasteiger partial charge in [-0.15, -0.1) is 0 Å². The first-order valence-corrected chi connectivity index (χ1v) is 10.8. The summed E-state index contributed by atoms with van der Waals surface area (Å²) in [6.07, 6.45) is 0. The van der Waals surface area contributed by atoms with Crippen LogP contribution in [0.2, 0.25) is 0 Å². The van der Waals surface area contributed by atoms with E-state index in [9.17, 15) is 4.79 Å². The number of esters is 1. The van der Waals surface area contributed by atoms with Crippen molar-refractivity contribution in [3.05, 3.63) is 94.3 Å². The van der Waals surface area contributed by atoms with E-state index >= 15 is 4.39 Å². The van der Waals surface area contributed by atoms with Crippen molar-refractivity contribution in [3.63, 3.8) is 0 Å². The molecule has 0 saturated heterocycles. The number of ether oxygens (including phenoxy) is 2. The van der Waals surface area contributed by atoms with E-state index in [0.29, 0.717) is 30.2 Å². The maximum absolute atomic E-state index is 15.5. The van der Waals surface area contributed by atoms with Crippen LogP contribution in [0.3, 0.4) is 0 Å². The monoisotopic (exact) mass is 433 g/mol. The molecule has 32 heavy (non-hydrogen) atoms. The summed E-state index contributed by atoms with van der Waals surface area (Å²) >= 11 is 0. The smallest absolute Gasteiger partial charge is 0.347 e. The van der Waals surface area contributed by atoms with Gasteiger partial charge in [0.2, 0.25) is 0 Å². The van der Waals surface area contributed by atoms with E-state index in [4.69, 9.17) is 9.47 Å². The van der Waals surface area contributed by atoms with Crippen molar-refractivity contribution in [2.45, 2.75) is 52.9 Å². The summed E-state index contributed by atoms with van der Waals surface area (Å²) in [6, 6.07) is 18.5. The van der Waals surface area contributed by atoms with Crippen molar-refractivity contribution in [2.75, 3.05) is 0 Å². The molecule has 0 spiro atoms. The lowest BCUT2D eigenvalue weighted by atomic mass is 9.98. The van der Waals surface area contributed by atoms with Crippen LogP contribution in [-0.2, 0) is 19.7 Å². The number of rotatable bonds is 5. The molecule has 4 nitrogen and oxygen atoms in total. The Hall–Kier alpha value is -3.18. The van der Waals surface area contributed by atoms with E-state index in [1.807, 2.05) is 36.4 Å². The number of carbonyl (C=O) groups is 1. The number of carbonyl (C=O) groups excluding carboxylic acids is 1. The summed E-state index contributed by atoms with van der Waals surface area (Å²) in [7, 11) is 0. The number of fused-ring (bicyclic) bond motifs is 1. The van der Waals surface area contributed by atoms with E-state index in [-0.39, 0.29) is 29.1 Å². The maximum Gasteiger partial charge on any atom is 0.347 e. The van der Waals surface area contributed by atoms with Crippen molar-refractivity contribution in [2.24, 2.45) is 0 Å². The standard InChI is InChI=1S/C27H28FNO3/c1-18-23(26(30)32-20-13-9-6-10-14-20)25(31-17-19-11-7-5-8-12-19)22-16-29(27(2,3)4)15-21(22)24(18)28/h5-14H,15-17H2,1-4H3. The third kappa shape index (κ3) is 4.39. The summed E-state index contributed by atoms with van der Waals surface area (Å²) in [5.74, 6) is -0.162. The van der Waals surface area contributed by atoms with Gasteiger partial charge in [0.05, 0.1) is 0 Å². The van der Waals surface area contributed by atoms with E-state index in [0.717, 1.165) is 11.1 Å². The minimum atomic E-state index is -0.618. The fourth-order valence-corrected chi connectivity index (χ4v) is 3.95. The molecule has 0 saturated carbocycles. The van der Waals surface area contributed by atoms with E-state index in [1.54, 1.807) is 31.2 Å². The largest absolute Gasteiger partial charge is 0.488 e. The van der Waals surface area contributed by atoms with Crippen molar-refractivity contribution in [1.82, 2.24) is 4.90 Å². The van der Waals surface area contributed by atoms with Gasteiger partial charge in [-0.05, 0) is 45.4 Å². The molecule has 1 heterocycles. The van der Waals surface area contributed by atoms with Gasteiger partial charge in [-0.25, -0.2) is 9.18 Å². The molecule has 1 aliphatic heterocycles. The molecule has 0 radical (unpaired) electrons. The number of hydrogen-bond donors (Lipinski definition) is 0. The quantitative estimate of drug-likeness (QED) is 0.363. The molecule has 0 bridgehead atoms. The fourth-order valence-electron chi connectivity index (χ4n) is 3.95. The lowest BCUT2D eigenvalue weighted by Gasteiger charge is -2.31. The first-order chi connectivity index (χ1) is 15.3. The first kappa shape index (κ1) is 22.0. The van der Waals surface area contributed by atoms with Gasteiger partial charge in [0.15, 0.2) is 0 Å². The van der Waals surface area contributed by atoms with Crippen LogP contribution < -0.4 is 9.47 Å².